The Bertz CT molecular complexity index is 444. The summed E-state index contributed by atoms with van der Waals surface area (Å²) in [7, 11) is 0. The molecule has 1 aromatic carbocycles. The van der Waals surface area contributed by atoms with E-state index in [1.165, 1.54) is 0 Å². The molecular weight excluding hydrogens is 246 g/mol. The lowest BCUT2D eigenvalue weighted by molar-refractivity contribution is -0.119. The number of isothiocyanates is 1. The molecule has 0 aliphatic carbocycles. The number of nitrogens with zero attached hydrogens (tertiary/aromatic N) is 1. The summed E-state index contributed by atoms with van der Waals surface area (Å²) in [6.07, 6.45) is 0. The topological polar surface area (TPSA) is 38.7 Å². The molecule has 0 saturated carbocycles. The molecule has 5 heteroatoms. The van der Waals surface area contributed by atoms with Crippen molar-refractivity contribution >= 4 is 34.9 Å². The molecule has 0 N–H and O–H groups in total. The molecule has 0 heterocycles. The van der Waals surface area contributed by atoms with Crippen molar-refractivity contribution in [3.8, 4) is 5.75 Å². The fraction of sp³-hybridized carbons (Fsp3) is 0.273. The molecule has 84 valence electrons. The van der Waals surface area contributed by atoms with Gasteiger partial charge < -0.3 is 4.74 Å². The smallest absolute Gasteiger partial charge is 0.292 e. The van der Waals surface area contributed by atoms with Crippen molar-refractivity contribution in [2.45, 2.75) is 13.8 Å². The normalized spacial score (nSPS) is 9.44. The van der Waals surface area contributed by atoms with Crippen LogP contribution in [-0.2, 0) is 4.79 Å². The molecule has 1 aromatic rings. The van der Waals surface area contributed by atoms with Gasteiger partial charge in [0.25, 0.3) is 5.91 Å². The molecule has 0 spiro atoms. The number of rotatable bonds is 3. The molecule has 1 rings (SSSR count). The van der Waals surface area contributed by atoms with Gasteiger partial charge in [-0.1, -0.05) is 17.7 Å². The molecular formula is C11H10ClNO2S. The van der Waals surface area contributed by atoms with Crippen molar-refractivity contribution < 1.29 is 9.53 Å². The van der Waals surface area contributed by atoms with Gasteiger partial charge in [-0.3, -0.25) is 4.79 Å². The summed E-state index contributed by atoms with van der Waals surface area (Å²) in [4.78, 5) is 14.3. The second-order valence-corrected chi connectivity index (χ2v) is 3.87. The molecule has 0 saturated heterocycles. The Morgan fingerprint density at radius 3 is 2.81 bits per heavy atom. The summed E-state index contributed by atoms with van der Waals surface area (Å²) in [5.41, 5.74) is 1.92. The lowest BCUT2D eigenvalue weighted by Crippen LogP contribution is -2.09. The van der Waals surface area contributed by atoms with E-state index >= 15 is 0 Å². The number of carbonyl (C=O) groups excluding carboxylic acids is 1. The van der Waals surface area contributed by atoms with E-state index in [-0.39, 0.29) is 6.61 Å². The molecule has 3 nitrogen and oxygen atoms in total. The molecule has 0 aliphatic rings. The number of hydrogen-bond acceptors (Lipinski definition) is 3. The van der Waals surface area contributed by atoms with E-state index in [1.807, 2.05) is 25.1 Å². The third-order valence-corrected chi connectivity index (χ3v) is 2.26. The summed E-state index contributed by atoms with van der Waals surface area (Å²) in [5, 5.41) is 2.47. The van der Waals surface area contributed by atoms with E-state index in [9.17, 15) is 4.79 Å². The minimum atomic E-state index is -0.481. The molecule has 0 atom stereocenters. The number of ether oxygens (including phenoxy) is 1. The van der Waals surface area contributed by atoms with Crippen molar-refractivity contribution in [1.82, 2.24) is 0 Å². The number of aliphatic imine (C=N–C) groups is 1. The van der Waals surface area contributed by atoms with Gasteiger partial charge in [-0.15, -0.1) is 0 Å². The first-order valence-corrected chi connectivity index (χ1v) is 5.33. The van der Waals surface area contributed by atoms with E-state index in [4.69, 9.17) is 16.3 Å². The number of carbonyl (C=O) groups is 1. The summed E-state index contributed by atoms with van der Waals surface area (Å²) in [6.45, 7) is 3.61. The van der Waals surface area contributed by atoms with Gasteiger partial charge in [0.1, 0.15) is 5.75 Å². The zero-order valence-electron chi connectivity index (χ0n) is 8.91. The highest BCUT2D eigenvalue weighted by atomic mass is 35.5. The maximum absolute atomic E-state index is 11.0. The average molecular weight is 256 g/mol. The van der Waals surface area contributed by atoms with Crippen LogP contribution in [0.4, 0.5) is 0 Å². The first kappa shape index (κ1) is 12.8. The zero-order chi connectivity index (χ0) is 12.1. The lowest BCUT2D eigenvalue weighted by atomic mass is 10.1. The van der Waals surface area contributed by atoms with Crippen LogP contribution in [0.3, 0.4) is 0 Å². The monoisotopic (exact) mass is 255 g/mol. The minimum Gasteiger partial charge on any atom is -0.482 e. The second kappa shape index (κ2) is 5.75. The van der Waals surface area contributed by atoms with Crippen molar-refractivity contribution in [3.05, 3.63) is 28.3 Å². The second-order valence-electron chi connectivity index (χ2n) is 3.28. The highest BCUT2D eigenvalue weighted by Gasteiger charge is 2.08. The van der Waals surface area contributed by atoms with E-state index in [2.05, 4.69) is 17.2 Å². The zero-order valence-corrected chi connectivity index (χ0v) is 10.5. The van der Waals surface area contributed by atoms with Crippen LogP contribution in [0, 0.1) is 13.8 Å². The summed E-state index contributed by atoms with van der Waals surface area (Å²) < 4.78 is 5.28. The Hall–Kier alpha value is -1.22. The summed E-state index contributed by atoms with van der Waals surface area (Å²) in [6, 6.07) is 3.70. The fourth-order valence-electron chi connectivity index (χ4n) is 1.30. The molecule has 0 fully saturated rings. The van der Waals surface area contributed by atoms with Gasteiger partial charge in [0.05, 0.1) is 10.2 Å². The van der Waals surface area contributed by atoms with Crippen LogP contribution in [0.1, 0.15) is 11.1 Å². The van der Waals surface area contributed by atoms with Crippen LogP contribution >= 0.6 is 23.8 Å². The molecule has 0 aromatic heterocycles. The van der Waals surface area contributed by atoms with Gasteiger partial charge in [-0.05, 0) is 43.3 Å². The molecule has 0 bridgehead atoms. The molecule has 0 unspecified atom stereocenters. The van der Waals surface area contributed by atoms with Crippen molar-refractivity contribution in [2.24, 2.45) is 4.99 Å². The maximum atomic E-state index is 11.0. The largest absolute Gasteiger partial charge is 0.482 e. The number of thiocarbonyl (C=S) groups is 1. The number of aryl methyl sites for hydroxylation is 2. The van der Waals surface area contributed by atoms with Crippen LogP contribution in [-0.4, -0.2) is 17.7 Å². The summed E-state index contributed by atoms with van der Waals surface area (Å²) >= 11 is 10.3. The van der Waals surface area contributed by atoms with Gasteiger partial charge in [0, 0.05) is 0 Å². The minimum absolute atomic E-state index is 0.187. The third-order valence-electron chi connectivity index (χ3n) is 1.88. The number of amides is 1. The van der Waals surface area contributed by atoms with Crippen molar-refractivity contribution in [1.29, 1.82) is 0 Å². The number of hydrogen-bond donors (Lipinski definition) is 0. The Morgan fingerprint density at radius 1 is 1.56 bits per heavy atom. The SMILES string of the molecule is Cc1cc(C)c(OCC(=O)N=C=S)c(Cl)c1. The first-order chi connectivity index (χ1) is 7.54. The van der Waals surface area contributed by atoms with E-state index < -0.39 is 5.91 Å². The molecule has 1 amide bonds. The molecule has 0 aliphatic heterocycles. The standard InChI is InChI=1S/C11H10ClNO2S/c1-7-3-8(2)11(9(12)4-7)15-5-10(14)13-6-16/h3-4H,5H2,1-2H3. The van der Waals surface area contributed by atoms with Gasteiger partial charge in [0.2, 0.25) is 0 Å². The van der Waals surface area contributed by atoms with Crippen LogP contribution in [0.25, 0.3) is 0 Å². The lowest BCUT2D eigenvalue weighted by Gasteiger charge is -2.09. The van der Waals surface area contributed by atoms with Gasteiger partial charge in [-0.25, -0.2) is 0 Å². The molecule has 0 radical (unpaired) electrons. The van der Waals surface area contributed by atoms with E-state index in [1.54, 1.807) is 6.07 Å². The number of benzene rings is 1. The van der Waals surface area contributed by atoms with Crippen LogP contribution < -0.4 is 4.74 Å². The van der Waals surface area contributed by atoms with Crippen molar-refractivity contribution in [3.63, 3.8) is 0 Å². The van der Waals surface area contributed by atoms with Gasteiger partial charge in [-0.2, -0.15) is 4.99 Å². The average Bonchev–Trinajstić information content (AvgIpc) is 2.16. The van der Waals surface area contributed by atoms with Gasteiger partial charge in [0.15, 0.2) is 6.61 Å². The Balaban J connectivity index is 2.82. The van der Waals surface area contributed by atoms with Gasteiger partial charge >= 0.3 is 0 Å². The Morgan fingerprint density at radius 2 is 2.25 bits per heavy atom. The maximum Gasteiger partial charge on any atom is 0.292 e. The van der Waals surface area contributed by atoms with Crippen LogP contribution in [0.15, 0.2) is 17.1 Å². The first-order valence-electron chi connectivity index (χ1n) is 4.55. The highest BCUT2D eigenvalue weighted by molar-refractivity contribution is 7.78. The predicted octanol–water partition coefficient (Wildman–Crippen LogP) is 2.97. The quantitative estimate of drug-likeness (QED) is 0.616. The van der Waals surface area contributed by atoms with Crippen molar-refractivity contribution in [2.75, 3.05) is 6.61 Å². The van der Waals surface area contributed by atoms with Crippen LogP contribution in [0.5, 0.6) is 5.75 Å². The fourth-order valence-corrected chi connectivity index (χ4v) is 1.78. The third kappa shape index (κ3) is 3.42. The summed E-state index contributed by atoms with van der Waals surface area (Å²) in [5.74, 6) is 0.0197. The van der Waals surface area contributed by atoms with E-state index in [0.717, 1.165) is 11.1 Å². The number of halogens is 1. The molecule has 16 heavy (non-hydrogen) atoms. The highest BCUT2D eigenvalue weighted by Crippen LogP contribution is 2.29. The predicted molar refractivity (Wildman–Crippen MR) is 66.5 cm³/mol. The van der Waals surface area contributed by atoms with E-state index in [0.29, 0.717) is 10.8 Å². The Labute approximate surface area is 104 Å². The van der Waals surface area contributed by atoms with Crippen LogP contribution in [0.2, 0.25) is 5.02 Å². The Kier molecular flexibility index (Phi) is 4.62.